The van der Waals surface area contributed by atoms with Crippen molar-refractivity contribution in [2.24, 2.45) is 5.10 Å². The van der Waals surface area contributed by atoms with Crippen molar-refractivity contribution >= 4 is 39.6 Å². The van der Waals surface area contributed by atoms with Gasteiger partial charge in [-0.1, -0.05) is 34.1 Å². The lowest BCUT2D eigenvalue weighted by molar-refractivity contribution is -0.124. The number of halogens is 1. The van der Waals surface area contributed by atoms with Crippen LogP contribution in [0, 0.1) is 6.92 Å². The fourth-order valence-electron chi connectivity index (χ4n) is 2.19. The monoisotopic (exact) mass is 417 g/mol. The molecule has 2 amide bonds. The average Bonchev–Trinajstić information content (AvgIpc) is 2.62. The number of nitrogens with one attached hydrogen (secondary N) is 2. The number of benzene rings is 2. The average molecular weight is 418 g/mol. The van der Waals surface area contributed by atoms with Gasteiger partial charge in [0.15, 0.2) is 0 Å². The van der Waals surface area contributed by atoms with Crippen LogP contribution in [0.1, 0.15) is 24.0 Å². The Hall–Kier alpha value is -2.67. The molecule has 0 saturated carbocycles. The topological polar surface area (TPSA) is 79.8 Å². The third-order valence-electron chi connectivity index (χ3n) is 3.58. The van der Waals surface area contributed by atoms with Crippen molar-refractivity contribution in [2.45, 2.75) is 19.8 Å². The number of hydrazone groups is 1. The third kappa shape index (κ3) is 6.00. The number of ether oxygens (including phenoxy) is 1. The smallest absolute Gasteiger partial charge is 0.240 e. The van der Waals surface area contributed by atoms with Crippen LogP contribution >= 0.6 is 15.9 Å². The first-order chi connectivity index (χ1) is 12.5. The van der Waals surface area contributed by atoms with Gasteiger partial charge in [0, 0.05) is 28.6 Å². The van der Waals surface area contributed by atoms with E-state index < -0.39 is 0 Å². The second-order valence-electron chi connectivity index (χ2n) is 5.54. The molecule has 0 radical (unpaired) electrons. The highest BCUT2D eigenvalue weighted by atomic mass is 79.9. The van der Waals surface area contributed by atoms with Crippen LogP contribution in [0.2, 0.25) is 0 Å². The number of anilines is 1. The molecule has 2 rings (SSSR count). The Morgan fingerprint density at radius 1 is 1.15 bits per heavy atom. The summed E-state index contributed by atoms with van der Waals surface area (Å²) in [6, 6.07) is 12.9. The second kappa shape index (κ2) is 9.72. The first-order valence-corrected chi connectivity index (χ1v) is 8.80. The fraction of sp³-hybridized carbons (Fsp3) is 0.211. The molecule has 0 aromatic heterocycles. The summed E-state index contributed by atoms with van der Waals surface area (Å²) in [6.07, 6.45) is 1.62. The van der Waals surface area contributed by atoms with Crippen molar-refractivity contribution in [1.82, 2.24) is 5.43 Å². The van der Waals surface area contributed by atoms with E-state index in [4.69, 9.17) is 4.74 Å². The maximum absolute atomic E-state index is 11.9. The van der Waals surface area contributed by atoms with Crippen molar-refractivity contribution < 1.29 is 14.3 Å². The molecule has 26 heavy (non-hydrogen) atoms. The van der Waals surface area contributed by atoms with Crippen molar-refractivity contribution in [3.05, 3.63) is 58.1 Å². The molecule has 0 bridgehead atoms. The number of carbonyl (C=O) groups is 2. The highest BCUT2D eigenvalue weighted by molar-refractivity contribution is 9.10. The molecule has 0 atom stereocenters. The molecule has 2 aromatic carbocycles. The SMILES string of the molecule is COc1ccc(Br)cc1/C=N/NC(=O)CCC(=O)Nc1ccccc1C. The maximum atomic E-state index is 11.9. The Bertz CT molecular complexity index is 821. The Kier molecular flexibility index (Phi) is 7.35. The Labute approximate surface area is 160 Å². The molecule has 2 aromatic rings. The van der Waals surface area contributed by atoms with E-state index in [1.807, 2.05) is 43.3 Å². The molecule has 6 nitrogen and oxygen atoms in total. The van der Waals surface area contributed by atoms with Crippen molar-refractivity contribution in [3.8, 4) is 5.75 Å². The van der Waals surface area contributed by atoms with E-state index in [1.54, 1.807) is 13.2 Å². The molecule has 0 unspecified atom stereocenters. The summed E-state index contributed by atoms with van der Waals surface area (Å²) in [4.78, 5) is 23.8. The standard InChI is InChI=1S/C19H20BrN3O3/c1-13-5-3-4-6-16(13)22-18(24)9-10-19(25)23-21-12-14-11-15(20)7-8-17(14)26-2/h3-8,11-12H,9-10H2,1-2H3,(H,22,24)(H,23,25)/b21-12+. The Morgan fingerprint density at radius 2 is 1.88 bits per heavy atom. The van der Waals surface area contributed by atoms with Gasteiger partial charge >= 0.3 is 0 Å². The number of amides is 2. The van der Waals surface area contributed by atoms with E-state index in [2.05, 4.69) is 31.8 Å². The zero-order valence-electron chi connectivity index (χ0n) is 14.6. The second-order valence-corrected chi connectivity index (χ2v) is 6.46. The van der Waals surface area contributed by atoms with Crippen LogP contribution < -0.4 is 15.5 Å². The minimum Gasteiger partial charge on any atom is -0.496 e. The largest absolute Gasteiger partial charge is 0.496 e. The van der Waals surface area contributed by atoms with Gasteiger partial charge in [-0.05, 0) is 36.8 Å². The lowest BCUT2D eigenvalue weighted by Crippen LogP contribution is -2.20. The van der Waals surface area contributed by atoms with E-state index in [1.165, 1.54) is 6.21 Å². The number of hydrogen-bond donors (Lipinski definition) is 2. The van der Waals surface area contributed by atoms with Gasteiger partial charge in [0.05, 0.1) is 13.3 Å². The molecule has 0 spiro atoms. The van der Waals surface area contributed by atoms with E-state index >= 15 is 0 Å². The molecule has 2 N–H and O–H groups in total. The van der Waals surface area contributed by atoms with Gasteiger partial charge in [-0.2, -0.15) is 5.10 Å². The first-order valence-electron chi connectivity index (χ1n) is 8.00. The Balaban J connectivity index is 1.81. The number of para-hydroxylation sites is 1. The van der Waals surface area contributed by atoms with E-state index in [9.17, 15) is 9.59 Å². The van der Waals surface area contributed by atoms with Gasteiger partial charge in [0.1, 0.15) is 5.75 Å². The van der Waals surface area contributed by atoms with Crippen LogP contribution in [0.3, 0.4) is 0 Å². The minimum atomic E-state index is -0.338. The molecule has 136 valence electrons. The van der Waals surface area contributed by atoms with Crippen LogP contribution in [0.15, 0.2) is 52.0 Å². The predicted molar refractivity (Wildman–Crippen MR) is 105 cm³/mol. The summed E-state index contributed by atoms with van der Waals surface area (Å²) in [5.41, 5.74) is 4.85. The van der Waals surface area contributed by atoms with Gasteiger partial charge in [-0.25, -0.2) is 5.43 Å². The lowest BCUT2D eigenvalue weighted by Gasteiger charge is -2.07. The summed E-state index contributed by atoms with van der Waals surface area (Å²) >= 11 is 3.37. The first kappa shape index (κ1) is 19.7. The summed E-state index contributed by atoms with van der Waals surface area (Å²) in [7, 11) is 1.56. The van der Waals surface area contributed by atoms with Gasteiger partial charge in [0.2, 0.25) is 11.8 Å². The van der Waals surface area contributed by atoms with Crippen LogP contribution in [-0.4, -0.2) is 25.1 Å². The number of carbonyl (C=O) groups excluding carboxylic acids is 2. The van der Waals surface area contributed by atoms with Crippen molar-refractivity contribution in [1.29, 1.82) is 0 Å². The van der Waals surface area contributed by atoms with Crippen LogP contribution in [0.5, 0.6) is 5.75 Å². The number of nitrogens with zero attached hydrogens (tertiary/aromatic N) is 1. The molecule has 0 aliphatic rings. The summed E-state index contributed by atoms with van der Waals surface area (Å²) in [6.45, 7) is 1.91. The number of hydrogen-bond acceptors (Lipinski definition) is 4. The summed E-state index contributed by atoms with van der Waals surface area (Å²) in [5.74, 6) is 0.0889. The fourth-order valence-corrected chi connectivity index (χ4v) is 2.57. The number of aryl methyl sites for hydroxylation is 1. The van der Waals surface area contributed by atoms with Gasteiger partial charge in [0.25, 0.3) is 0 Å². The van der Waals surface area contributed by atoms with Gasteiger partial charge in [-0.3, -0.25) is 9.59 Å². The molecule has 0 heterocycles. The summed E-state index contributed by atoms with van der Waals surface area (Å²) in [5, 5.41) is 6.70. The number of rotatable bonds is 7. The van der Waals surface area contributed by atoms with Gasteiger partial charge < -0.3 is 10.1 Å². The lowest BCUT2D eigenvalue weighted by atomic mass is 10.2. The summed E-state index contributed by atoms with van der Waals surface area (Å²) < 4.78 is 6.10. The predicted octanol–water partition coefficient (Wildman–Crippen LogP) is 3.64. The molecule has 7 heteroatoms. The molecule has 0 aliphatic heterocycles. The highest BCUT2D eigenvalue weighted by Gasteiger charge is 2.08. The van der Waals surface area contributed by atoms with E-state index in [0.29, 0.717) is 5.75 Å². The third-order valence-corrected chi connectivity index (χ3v) is 4.08. The molecule has 0 aliphatic carbocycles. The van der Waals surface area contributed by atoms with Gasteiger partial charge in [-0.15, -0.1) is 0 Å². The quantitative estimate of drug-likeness (QED) is 0.532. The number of methoxy groups -OCH3 is 1. The normalized spacial score (nSPS) is 10.6. The van der Waals surface area contributed by atoms with E-state index in [-0.39, 0.29) is 24.7 Å². The molecular formula is C19H20BrN3O3. The van der Waals surface area contributed by atoms with Crippen LogP contribution in [0.25, 0.3) is 0 Å². The zero-order chi connectivity index (χ0) is 18.9. The zero-order valence-corrected chi connectivity index (χ0v) is 16.2. The minimum absolute atomic E-state index is 0.0463. The van der Waals surface area contributed by atoms with E-state index in [0.717, 1.165) is 21.3 Å². The molecule has 0 saturated heterocycles. The Morgan fingerprint density at radius 3 is 2.62 bits per heavy atom. The van der Waals surface area contributed by atoms with Crippen LogP contribution in [-0.2, 0) is 9.59 Å². The van der Waals surface area contributed by atoms with Crippen molar-refractivity contribution in [3.63, 3.8) is 0 Å². The van der Waals surface area contributed by atoms with Crippen molar-refractivity contribution in [2.75, 3.05) is 12.4 Å². The molecular weight excluding hydrogens is 398 g/mol. The maximum Gasteiger partial charge on any atom is 0.240 e. The molecule has 0 fully saturated rings. The van der Waals surface area contributed by atoms with Crippen LogP contribution in [0.4, 0.5) is 5.69 Å². The highest BCUT2D eigenvalue weighted by Crippen LogP contribution is 2.21.